The average molecular weight is 1120 g/mol. The molecule has 0 aromatic rings. The van der Waals surface area contributed by atoms with E-state index in [4.69, 9.17) is 4.74 Å². The second-order valence-corrected chi connectivity index (χ2v) is 24.9. The molecule has 0 fully saturated rings. The van der Waals surface area contributed by atoms with Gasteiger partial charge in [0.15, 0.2) is 0 Å². The Balaban J connectivity index is 3.38. The van der Waals surface area contributed by atoms with Crippen molar-refractivity contribution in [2.24, 2.45) is 0 Å². The van der Waals surface area contributed by atoms with Crippen molar-refractivity contribution >= 4 is 11.9 Å². The number of ether oxygens (including phenoxy) is 1. The number of unbranched alkanes of at least 4 members (excludes halogenated alkanes) is 51. The minimum absolute atomic E-state index is 0.0103. The average Bonchev–Trinajstić information content (AvgIpc) is 3.46. The predicted octanol–water partition coefficient (Wildman–Crippen LogP) is 23.5. The Hall–Kier alpha value is -1.92. The third kappa shape index (κ3) is 65.2. The summed E-state index contributed by atoms with van der Waals surface area (Å²) in [5.41, 5.74) is 0. The number of rotatable bonds is 68. The zero-order chi connectivity index (χ0) is 57.8. The van der Waals surface area contributed by atoms with Crippen molar-refractivity contribution in [3.63, 3.8) is 0 Å². The van der Waals surface area contributed by atoms with Crippen molar-refractivity contribution in [1.82, 2.24) is 5.32 Å². The van der Waals surface area contributed by atoms with Gasteiger partial charge in [-0.3, -0.25) is 9.59 Å². The molecule has 6 nitrogen and oxygen atoms in total. The normalized spacial score (nSPS) is 12.7. The lowest BCUT2D eigenvalue weighted by Gasteiger charge is -2.22. The highest BCUT2D eigenvalue weighted by atomic mass is 16.5. The Morgan fingerprint density at radius 3 is 0.963 bits per heavy atom. The van der Waals surface area contributed by atoms with Crippen LogP contribution in [0.4, 0.5) is 0 Å². The molecule has 1 amide bonds. The van der Waals surface area contributed by atoms with Gasteiger partial charge in [0, 0.05) is 12.8 Å². The van der Waals surface area contributed by atoms with Gasteiger partial charge in [-0.2, -0.15) is 0 Å². The van der Waals surface area contributed by atoms with Gasteiger partial charge in [-0.15, -0.1) is 0 Å². The highest BCUT2D eigenvalue weighted by Gasteiger charge is 2.20. The molecule has 0 aromatic heterocycles. The Labute approximate surface area is 500 Å². The van der Waals surface area contributed by atoms with Crippen LogP contribution in [0.2, 0.25) is 0 Å². The van der Waals surface area contributed by atoms with Crippen molar-refractivity contribution in [3.8, 4) is 0 Å². The van der Waals surface area contributed by atoms with E-state index in [1.54, 1.807) is 0 Å². The lowest BCUT2D eigenvalue weighted by Crippen LogP contribution is -2.45. The van der Waals surface area contributed by atoms with Crippen LogP contribution in [0, 0.1) is 0 Å². The SMILES string of the molecule is CCCCCCCC/C=C\CCCCCCCCCC(=O)OCCCCCCCCCCC/C=C\C/C=C\CCCCCCCCCCCCCCCCCC(=O)NC(CO)C(O)CCCCCCCCCCCCCCCCC. The first-order valence-electron chi connectivity index (χ1n) is 36.2. The topological polar surface area (TPSA) is 95.9 Å². The number of aliphatic hydroxyl groups is 2. The van der Waals surface area contributed by atoms with Gasteiger partial charge in [-0.25, -0.2) is 0 Å². The Bertz CT molecular complexity index is 1300. The molecule has 0 spiro atoms. The second kappa shape index (κ2) is 69.6. The van der Waals surface area contributed by atoms with Crippen molar-refractivity contribution in [2.45, 2.75) is 411 Å². The molecule has 0 aliphatic heterocycles. The molecule has 3 N–H and O–H groups in total. The van der Waals surface area contributed by atoms with E-state index in [1.165, 1.54) is 315 Å². The van der Waals surface area contributed by atoms with Crippen LogP contribution in [-0.2, 0) is 14.3 Å². The van der Waals surface area contributed by atoms with Gasteiger partial charge in [0.2, 0.25) is 5.91 Å². The molecule has 0 saturated carbocycles. The Morgan fingerprint density at radius 1 is 0.350 bits per heavy atom. The molecule has 0 rings (SSSR count). The maximum absolute atomic E-state index is 12.5. The van der Waals surface area contributed by atoms with Crippen LogP contribution in [0.15, 0.2) is 36.5 Å². The first-order valence-corrected chi connectivity index (χ1v) is 36.2. The predicted molar refractivity (Wildman–Crippen MR) is 352 cm³/mol. The van der Waals surface area contributed by atoms with E-state index in [2.05, 4.69) is 55.6 Å². The molecule has 472 valence electrons. The molecule has 0 aromatic carbocycles. The maximum Gasteiger partial charge on any atom is 0.305 e. The number of aliphatic hydroxyl groups excluding tert-OH is 2. The number of allylic oxidation sites excluding steroid dienone is 6. The highest BCUT2D eigenvalue weighted by Crippen LogP contribution is 2.19. The van der Waals surface area contributed by atoms with E-state index < -0.39 is 12.1 Å². The lowest BCUT2D eigenvalue weighted by atomic mass is 10.0. The van der Waals surface area contributed by atoms with Crippen molar-refractivity contribution in [3.05, 3.63) is 36.5 Å². The summed E-state index contributed by atoms with van der Waals surface area (Å²) in [5, 5.41) is 23.3. The molecular weight excluding hydrogens is 983 g/mol. The third-order valence-electron chi connectivity index (χ3n) is 16.9. The summed E-state index contributed by atoms with van der Waals surface area (Å²) in [6, 6.07) is -0.541. The number of hydrogen-bond donors (Lipinski definition) is 3. The van der Waals surface area contributed by atoms with E-state index in [0.29, 0.717) is 25.9 Å². The number of carbonyl (C=O) groups is 2. The molecule has 80 heavy (non-hydrogen) atoms. The monoisotopic (exact) mass is 1120 g/mol. The molecule has 2 unspecified atom stereocenters. The number of esters is 1. The summed E-state index contributed by atoms with van der Waals surface area (Å²) in [5.74, 6) is -0.0215. The summed E-state index contributed by atoms with van der Waals surface area (Å²) in [6.45, 7) is 4.97. The van der Waals surface area contributed by atoms with Crippen LogP contribution in [-0.4, -0.2) is 47.4 Å². The van der Waals surface area contributed by atoms with Crippen molar-refractivity contribution < 1.29 is 24.5 Å². The van der Waals surface area contributed by atoms with Crippen molar-refractivity contribution in [1.29, 1.82) is 0 Å². The summed E-state index contributed by atoms with van der Waals surface area (Å²) < 4.78 is 5.50. The van der Waals surface area contributed by atoms with Gasteiger partial charge < -0.3 is 20.3 Å². The van der Waals surface area contributed by atoms with Crippen LogP contribution in [0.5, 0.6) is 0 Å². The summed E-state index contributed by atoms with van der Waals surface area (Å²) in [7, 11) is 0. The molecule has 2 atom stereocenters. The fourth-order valence-corrected chi connectivity index (χ4v) is 11.4. The van der Waals surface area contributed by atoms with Crippen LogP contribution in [0.3, 0.4) is 0 Å². The molecule has 0 radical (unpaired) electrons. The number of amides is 1. The quantitative estimate of drug-likeness (QED) is 0.0320. The van der Waals surface area contributed by atoms with Gasteiger partial charge in [0.25, 0.3) is 0 Å². The summed E-state index contributed by atoms with van der Waals surface area (Å²) >= 11 is 0. The van der Waals surface area contributed by atoms with E-state index in [-0.39, 0.29) is 18.5 Å². The molecule has 0 bridgehead atoms. The molecule has 0 heterocycles. The molecule has 0 aliphatic rings. The third-order valence-corrected chi connectivity index (χ3v) is 16.9. The minimum Gasteiger partial charge on any atom is -0.466 e. The zero-order valence-corrected chi connectivity index (χ0v) is 54.1. The van der Waals surface area contributed by atoms with Crippen LogP contribution < -0.4 is 5.32 Å². The molecule has 6 heteroatoms. The molecule has 0 saturated heterocycles. The fourth-order valence-electron chi connectivity index (χ4n) is 11.4. The van der Waals surface area contributed by atoms with Gasteiger partial charge >= 0.3 is 5.97 Å². The highest BCUT2D eigenvalue weighted by molar-refractivity contribution is 5.76. The standard InChI is InChI=1S/C74H141NO5/c1-3-5-7-9-11-13-15-17-19-35-40-44-48-52-56-60-64-68-74(79)80-69-65-61-57-53-49-45-41-37-34-32-30-28-26-24-22-20-21-23-25-27-29-31-33-36-39-43-47-51-55-59-63-67-73(78)75-71(70-76)72(77)66-62-58-54-50-46-42-38-18-16-14-12-10-8-6-4-2/h17,19,22,24,28,30,71-72,76-77H,3-16,18,20-21,23,25-27,29,31-70H2,1-2H3,(H,75,78)/b19-17-,24-22-,30-28-. The number of nitrogens with one attached hydrogen (secondary N) is 1. The first-order chi connectivity index (χ1) is 39.5. The Morgan fingerprint density at radius 2 is 0.625 bits per heavy atom. The van der Waals surface area contributed by atoms with E-state index >= 15 is 0 Å². The molecular formula is C74H141NO5. The zero-order valence-electron chi connectivity index (χ0n) is 54.1. The van der Waals surface area contributed by atoms with Gasteiger partial charge in [0.05, 0.1) is 25.4 Å². The van der Waals surface area contributed by atoms with E-state index in [1.807, 2.05) is 0 Å². The van der Waals surface area contributed by atoms with E-state index in [9.17, 15) is 19.8 Å². The number of hydrogen-bond acceptors (Lipinski definition) is 5. The second-order valence-electron chi connectivity index (χ2n) is 24.9. The largest absolute Gasteiger partial charge is 0.466 e. The minimum atomic E-state index is -0.664. The maximum atomic E-state index is 12.5. The van der Waals surface area contributed by atoms with Crippen molar-refractivity contribution in [2.75, 3.05) is 13.2 Å². The van der Waals surface area contributed by atoms with Crippen LogP contribution in [0.1, 0.15) is 399 Å². The Kier molecular flexibility index (Phi) is 67.9. The smallest absolute Gasteiger partial charge is 0.305 e. The van der Waals surface area contributed by atoms with Gasteiger partial charge in [0.1, 0.15) is 0 Å². The van der Waals surface area contributed by atoms with Crippen LogP contribution >= 0.6 is 0 Å². The number of carbonyl (C=O) groups excluding carboxylic acids is 2. The van der Waals surface area contributed by atoms with Crippen LogP contribution in [0.25, 0.3) is 0 Å². The van der Waals surface area contributed by atoms with E-state index in [0.717, 1.165) is 51.4 Å². The summed E-state index contributed by atoms with van der Waals surface area (Å²) in [4.78, 5) is 24.6. The lowest BCUT2D eigenvalue weighted by molar-refractivity contribution is -0.143. The summed E-state index contributed by atoms with van der Waals surface area (Å²) in [6.07, 6.45) is 89.2. The van der Waals surface area contributed by atoms with Gasteiger partial charge in [-0.1, -0.05) is 339 Å². The molecule has 0 aliphatic carbocycles. The first kappa shape index (κ1) is 78.1. The van der Waals surface area contributed by atoms with Gasteiger partial charge in [-0.05, 0) is 83.5 Å². The fraction of sp³-hybridized carbons (Fsp3) is 0.892.